The van der Waals surface area contributed by atoms with E-state index in [1.165, 1.54) is 0 Å². The van der Waals surface area contributed by atoms with E-state index in [1.807, 2.05) is 55.5 Å². The molecule has 2 aromatic rings. The number of anilines is 1. The second-order valence-corrected chi connectivity index (χ2v) is 6.28. The van der Waals surface area contributed by atoms with Gasteiger partial charge < -0.3 is 14.8 Å². The minimum absolute atomic E-state index is 0.111. The lowest BCUT2D eigenvalue weighted by molar-refractivity contribution is -0.120. The van der Waals surface area contributed by atoms with Crippen molar-refractivity contribution in [3.63, 3.8) is 0 Å². The van der Waals surface area contributed by atoms with E-state index in [2.05, 4.69) is 5.32 Å². The van der Waals surface area contributed by atoms with Gasteiger partial charge in [-0.3, -0.25) is 9.69 Å². The fraction of sp³-hybridized carbons (Fsp3) is 0.300. The summed E-state index contributed by atoms with van der Waals surface area (Å²) < 4.78 is 10.5. The summed E-state index contributed by atoms with van der Waals surface area (Å²) in [5, 5.41) is 2.83. The third kappa shape index (κ3) is 4.33. The smallest absolute Gasteiger partial charge is 0.414 e. The quantitative estimate of drug-likeness (QED) is 0.866. The number of aryl methyl sites for hydroxylation is 1. The Morgan fingerprint density at radius 3 is 2.73 bits per heavy atom. The van der Waals surface area contributed by atoms with Gasteiger partial charge in [0.25, 0.3) is 0 Å². The third-order valence-electron chi connectivity index (χ3n) is 4.24. The Bertz CT molecular complexity index is 789. The summed E-state index contributed by atoms with van der Waals surface area (Å²) in [6.45, 7) is 2.69. The number of nitrogens with one attached hydrogen (secondary N) is 1. The lowest BCUT2D eigenvalue weighted by Gasteiger charge is -2.13. The zero-order valence-corrected chi connectivity index (χ0v) is 14.9. The van der Waals surface area contributed by atoms with Crippen LogP contribution in [-0.2, 0) is 16.0 Å². The highest BCUT2D eigenvalue weighted by Gasteiger charge is 2.32. The summed E-state index contributed by atoms with van der Waals surface area (Å²) in [4.78, 5) is 25.8. The normalized spacial score (nSPS) is 16.3. The molecule has 1 atom stereocenters. The molecule has 1 unspecified atom stereocenters. The van der Waals surface area contributed by atoms with Crippen LogP contribution < -0.4 is 15.0 Å². The maximum Gasteiger partial charge on any atom is 0.414 e. The van der Waals surface area contributed by atoms with Crippen LogP contribution in [0.4, 0.5) is 10.5 Å². The lowest BCUT2D eigenvalue weighted by atomic mass is 10.1. The van der Waals surface area contributed by atoms with Crippen LogP contribution in [0.1, 0.15) is 11.1 Å². The minimum atomic E-state index is -0.384. The SMILES string of the molecule is COc1ccc(CC(=O)NCC2CN(c3cccc(C)c3)C(=O)O2)cc1. The summed E-state index contributed by atoms with van der Waals surface area (Å²) in [7, 11) is 1.60. The molecule has 1 aliphatic rings. The molecule has 0 aromatic heterocycles. The van der Waals surface area contributed by atoms with Gasteiger partial charge in [0.1, 0.15) is 11.9 Å². The number of rotatable bonds is 6. The van der Waals surface area contributed by atoms with E-state index in [0.29, 0.717) is 13.1 Å². The van der Waals surface area contributed by atoms with E-state index in [9.17, 15) is 9.59 Å². The molecule has 26 heavy (non-hydrogen) atoms. The van der Waals surface area contributed by atoms with Crippen molar-refractivity contribution in [2.45, 2.75) is 19.4 Å². The van der Waals surface area contributed by atoms with Crippen LogP contribution >= 0.6 is 0 Å². The first-order chi connectivity index (χ1) is 12.5. The minimum Gasteiger partial charge on any atom is -0.497 e. The Hall–Kier alpha value is -3.02. The van der Waals surface area contributed by atoms with Gasteiger partial charge in [0, 0.05) is 5.69 Å². The molecule has 6 nitrogen and oxygen atoms in total. The molecule has 0 radical (unpaired) electrons. The molecule has 3 rings (SSSR count). The van der Waals surface area contributed by atoms with E-state index in [4.69, 9.17) is 9.47 Å². The van der Waals surface area contributed by atoms with Gasteiger partial charge in [-0.1, -0.05) is 24.3 Å². The number of amides is 2. The van der Waals surface area contributed by atoms with Crippen molar-refractivity contribution in [3.05, 3.63) is 59.7 Å². The highest BCUT2D eigenvalue weighted by atomic mass is 16.6. The number of benzene rings is 2. The Balaban J connectivity index is 1.50. The fourth-order valence-electron chi connectivity index (χ4n) is 2.85. The predicted molar refractivity (Wildman–Crippen MR) is 98.5 cm³/mol. The van der Waals surface area contributed by atoms with Crippen molar-refractivity contribution in [3.8, 4) is 5.75 Å². The van der Waals surface area contributed by atoms with E-state index in [1.54, 1.807) is 12.0 Å². The second-order valence-electron chi connectivity index (χ2n) is 6.28. The molecule has 0 spiro atoms. The largest absolute Gasteiger partial charge is 0.497 e. The molecule has 1 aliphatic heterocycles. The molecule has 0 aliphatic carbocycles. The van der Waals surface area contributed by atoms with Crippen molar-refractivity contribution in [2.24, 2.45) is 0 Å². The number of carbonyl (C=O) groups excluding carboxylic acids is 2. The lowest BCUT2D eigenvalue weighted by Crippen LogP contribution is -2.35. The second kappa shape index (κ2) is 7.91. The van der Waals surface area contributed by atoms with Gasteiger partial charge in [0.05, 0.1) is 26.6 Å². The number of methoxy groups -OCH3 is 1. The Labute approximate surface area is 152 Å². The van der Waals surface area contributed by atoms with Gasteiger partial charge in [0.2, 0.25) is 5.91 Å². The number of nitrogens with zero attached hydrogens (tertiary/aromatic N) is 1. The van der Waals surface area contributed by atoms with Crippen molar-refractivity contribution in [1.29, 1.82) is 0 Å². The highest BCUT2D eigenvalue weighted by molar-refractivity contribution is 5.90. The first-order valence-electron chi connectivity index (χ1n) is 8.49. The maximum atomic E-state index is 12.1. The molecule has 1 heterocycles. The van der Waals surface area contributed by atoms with Crippen LogP contribution in [0.2, 0.25) is 0 Å². The van der Waals surface area contributed by atoms with Gasteiger partial charge in [-0.15, -0.1) is 0 Å². The van der Waals surface area contributed by atoms with Crippen molar-refractivity contribution < 1.29 is 19.1 Å². The van der Waals surface area contributed by atoms with Crippen LogP contribution in [-0.4, -0.2) is 38.3 Å². The number of cyclic esters (lactones) is 1. The summed E-state index contributed by atoms with van der Waals surface area (Å²) >= 11 is 0. The first kappa shape index (κ1) is 17.8. The Morgan fingerprint density at radius 1 is 1.27 bits per heavy atom. The molecular weight excluding hydrogens is 332 g/mol. The Kier molecular flexibility index (Phi) is 5.41. The molecule has 0 bridgehead atoms. The number of hydrogen-bond acceptors (Lipinski definition) is 4. The standard InChI is InChI=1S/C20H22N2O4/c1-14-4-3-5-16(10-14)22-13-18(26-20(22)24)12-21-19(23)11-15-6-8-17(25-2)9-7-15/h3-10,18H,11-13H2,1-2H3,(H,21,23). The van der Waals surface area contributed by atoms with Crippen LogP contribution in [0.25, 0.3) is 0 Å². The summed E-state index contributed by atoms with van der Waals surface area (Å²) in [5.74, 6) is 0.642. The van der Waals surface area contributed by atoms with E-state index in [-0.39, 0.29) is 24.5 Å². The van der Waals surface area contributed by atoms with Gasteiger partial charge in [0.15, 0.2) is 0 Å². The van der Waals surface area contributed by atoms with Crippen LogP contribution in [0.15, 0.2) is 48.5 Å². The van der Waals surface area contributed by atoms with Gasteiger partial charge in [-0.05, 0) is 42.3 Å². The Morgan fingerprint density at radius 2 is 2.04 bits per heavy atom. The van der Waals surface area contributed by atoms with E-state index in [0.717, 1.165) is 22.6 Å². The zero-order valence-electron chi connectivity index (χ0n) is 14.9. The van der Waals surface area contributed by atoms with Crippen molar-refractivity contribution >= 4 is 17.7 Å². The topological polar surface area (TPSA) is 67.9 Å². The molecule has 0 saturated carbocycles. The molecule has 2 amide bonds. The molecule has 6 heteroatoms. The highest BCUT2D eigenvalue weighted by Crippen LogP contribution is 2.22. The van der Waals surface area contributed by atoms with Crippen LogP contribution in [0, 0.1) is 6.92 Å². The van der Waals surface area contributed by atoms with Crippen molar-refractivity contribution in [2.75, 3.05) is 25.1 Å². The molecule has 136 valence electrons. The number of hydrogen-bond donors (Lipinski definition) is 1. The fourth-order valence-corrected chi connectivity index (χ4v) is 2.85. The molecule has 2 aromatic carbocycles. The maximum absolute atomic E-state index is 12.1. The number of carbonyl (C=O) groups is 2. The average Bonchev–Trinajstić information content (AvgIpc) is 3.01. The van der Waals surface area contributed by atoms with Gasteiger partial charge in [-0.2, -0.15) is 0 Å². The van der Waals surface area contributed by atoms with E-state index >= 15 is 0 Å². The monoisotopic (exact) mass is 354 g/mol. The molecule has 1 saturated heterocycles. The average molecular weight is 354 g/mol. The van der Waals surface area contributed by atoms with Gasteiger partial charge in [-0.25, -0.2) is 4.79 Å². The molecular formula is C20H22N2O4. The van der Waals surface area contributed by atoms with Crippen molar-refractivity contribution in [1.82, 2.24) is 5.32 Å². The van der Waals surface area contributed by atoms with Gasteiger partial charge >= 0.3 is 6.09 Å². The first-order valence-corrected chi connectivity index (χ1v) is 8.49. The summed E-state index contributed by atoms with van der Waals surface area (Å²) in [6, 6.07) is 15.0. The van der Waals surface area contributed by atoms with Crippen LogP contribution in [0.5, 0.6) is 5.75 Å². The zero-order chi connectivity index (χ0) is 18.5. The summed E-state index contributed by atoms with van der Waals surface area (Å²) in [5.41, 5.74) is 2.78. The number of ether oxygens (including phenoxy) is 2. The molecule has 1 N–H and O–H groups in total. The van der Waals surface area contributed by atoms with E-state index < -0.39 is 0 Å². The van der Waals surface area contributed by atoms with Crippen LogP contribution in [0.3, 0.4) is 0 Å². The third-order valence-corrected chi connectivity index (χ3v) is 4.24. The summed E-state index contributed by atoms with van der Waals surface area (Å²) in [6.07, 6.45) is -0.473. The molecule has 1 fully saturated rings. The predicted octanol–water partition coefficient (Wildman–Crippen LogP) is 2.69.